The Kier molecular flexibility index (Phi) is 2.82. The second-order valence-corrected chi connectivity index (χ2v) is 4.30. The minimum atomic E-state index is 0.456. The fraction of sp³-hybridized carbons (Fsp3) is 0.333. The van der Waals surface area contributed by atoms with Crippen LogP contribution in [0.2, 0.25) is 5.15 Å². The van der Waals surface area contributed by atoms with Crippen molar-refractivity contribution in [3.8, 4) is 0 Å². The number of halogens is 1. The van der Waals surface area contributed by atoms with Crippen LogP contribution in [-0.2, 0) is 4.74 Å². The Balaban J connectivity index is 2.03. The summed E-state index contributed by atoms with van der Waals surface area (Å²) in [6, 6.07) is 5.96. The van der Waals surface area contributed by atoms with Crippen molar-refractivity contribution >= 4 is 28.3 Å². The van der Waals surface area contributed by atoms with Crippen molar-refractivity contribution in [3.05, 3.63) is 29.5 Å². The second-order valence-electron chi connectivity index (χ2n) is 3.94. The summed E-state index contributed by atoms with van der Waals surface area (Å²) in [5.74, 6) is 0.940. The highest BCUT2D eigenvalue weighted by atomic mass is 35.5. The largest absolute Gasteiger partial charge is 0.378 e. The first-order valence-corrected chi connectivity index (χ1v) is 5.96. The van der Waals surface area contributed by atoms with Gasteiger partial charge < -0.3 is 9.64 Å². The normalized spacial score (nSPS) is 16.4. The van der Waals surface area contributed by atoms with E-state index in [1.807, 2.05) is 18.2 Å². The van der Waals surface area contributed by atoms with Crippen LogP contribution in [0.25, 0.3) is 10.9 Å². The first kappa shape index (κ1) is 10.7. The second kappa shape index (κ2) is 4.47. The van der Waals surface area contributed by atoms with Gasteiger partial charge in [0.25, 0.3) is 0 Å². The lowest BCUT2D eigenvalue weighted by molar-refractivity contribution is 0.122. The lowest BCUT2D eigenvalue weighted by Gasteiger charge is -2.27. The number of hydrogen-bond donors (Lipinski definition) is 0. The maximum absolute atomic E-state index is 6.05. The van der Waals surface area contributed by atoms with Crippen molar-refractivity contribution < 1.29 is 4.74 Å². The van der Waals surface area contributed by atoms with Crippen molar-refractivity contribution in [2.24, 2.45) is 0 Å². The average molecular weight is 250 g/mol. The van der Waals surface area contributed by atoms with Crippen LogP contribution in [0.1, 0.15) is 0 Å². The zero-order valence-corrected chi connectivity index (χ0v) is 10.0. The van der Waals surface area contributed by atoms with Crippen molar-refractivity contribution in [3.63, 3.8) is 0 Å². The van der Waals surface area contributed by atoms with E-state index in [0.29, 0.717) is 5.15 Å². The quantitative estimate of drug-likeness (QED) is 0.726. The predicted molar refractivity (Wildman–Crippen MR) is 67.6 cm³/mol. The summed E-state index contributed by atoms with van der Waals surface area (Å²) in [7, 11) is 0. The molecule has 3 heterocycles. The number of rotatable bonds is 1. The maximum Gasteiger partial charge on any atom is 0.155 e. The molecule has 1 saturated heterocycles. The van der Waals surface area contributed by atoms with E-state index in [-0.39, 0.29) is 0 Å². The Morgan fingerprint density at radius 1 is 1.18 bits per heavy atom. The third-order valence-electron chi connectivity index (χ3n) is 2.88. The third kappa shape index (κ3) is 2.06. The monoisotopic (exact) mass is 249 g/mol. The van der Waals surface area contributed by atoms with Gasteiger partial charge in [-0.05, 0) is 18.2 Å². The molecule has 0 saturated carbocycles. The van der Waals surface area contributed by atoms with Crippen molar-refractivity contribution in [2.45, 2.75) is 0 Å². The minimum absolute atomic E-state index is 0.456. The average Bonchev–Trinajstić information content (AvgIpc) is 2.40. The van der Waals surface area contributed by atoms with E-state index in [0.717, 1.165) is 43.0 Å². The number of morpholine rings is 1. The smallest absolute Gasteiger partial charge is 0.155 e. The number of ether oxygens (including phenoxy) is 1. The molecule has 0 radical (unpaired) electrons. The summed E-state index contributed by atoms with van der Waals surface area (Å²) in [4.78, 5) is 10.8. The van der Waals surface area contributed by atoms with E-state index in [1.54, 1.807) is 6.20 Å². The molecule has 0 N–H and O–H groups in total. The molecule has 0 unspecified atom stereocenters. The highest BCUT2D eigenvalue weighted by molar-refractivity contribution is 6.33. The Bertz CT molecular complexity index is 540. The van der Waals surface area contributed by atoms with E-state index in [4.69, 9.17) is 16.3 Å². The Morgan fingerprint density at radius 3 is 2.82 bits per heavy atom. The topological polar surface area (TPSA) is 38.2 Å². The molecule has 0 aliphatic carbocycles. The predicted octanol–water partition coefficient (Wildman–Crippen LogP) is 2.12. The van der Waals surface area contributed by atoms with E-state index in [9.17, 15) is 0 Å². The van der Waals surface area contributed by atoms with Gasteiger partial charge in [-0.15, -0.1) is 0 Å². The first-order chi connectivity index (χ1) is 8.34. The van der Waals surface area contributed by atoms with Crippen LogP contribution in [0.15, 0.2) is 24.4 Å². The van der Waals surface area contributed by atoms with Crippen LogP contribution in [0.3, 0.4) is 0 Å². The molecule has 17 heavy (non-hydrogen) atoms. The van der Waals surface area contributed by atoms with Crippen molar-refractivity contribution in [1.29, 1.82) is 0 Å². The van der Waals surface area contributed by atoms with Crippen LogP contribution in [0.4, 0.5) is 5.82 Å². The molecule has 0 spiro atoms. The molecule has 2 aromatic rings. The molecule has 0 atom stereocenters. The van der Waals surface area contributed by atoms with E-state index < -0.39 is 0 Å². The summed E-state index contributed by atoms with van der Waals surface area (Å²) in [6.07, 6.45) is 1.70. The van der Waals surface area contributed by atoms with Gasteiger partial charge in [0.15, 0.2) is 5.15 Å². The van der Waals surface area contributed by atoms with Crippen molar-refractivity contribution in [1.82, 2.24) is 9.97 Å². The fourth-order valence-electron chi connectivity index (χ4n) is 1.97. The number of pyridine rings is 2. The van der Waals surface area contributed by atoms with E-state index >= 15 is 0 Å². The Labute approximate surface area is 104 Å². The van der Waals surface area contributed by atoms with E-state index in [1.165, 1.54) is 0 Å². The van der Waals surface area contributed by atoms with Crippen LogP contribution in [0.5, 0.6) is 0 Å². The molecule has 1 fully saturated rings. The summed E-state index contributed by atoms with van der Waals surface area (Å²) >= 11 is 6.05. The number of nitrogens with zero attached hydrogens (tertiary/aromatic N) is 3. The maximum atomic E-state index is 6.05. The molecular formula is C12H12ClN3O. The minimum Gasteiger partial charge on any atom is -0.378 e. The highest BCUT2D eigenvalue weighted by Gasteiger charge is 2.13. The molecular weight excluding hydrogens is 238 g/mol. The lowest BCUT2D eigenvalue weighted by Crippen LogP contribution is -2.36. The molecule has 0 amide bonds. The molecule has 0 bridgehead atoms. The van der Waals surface area contributed by atoms with Gasteiger partial charge >= 0.3 is 0 Å². The Hall–Kier alpha value is -1.39. The van der Waals surface area contributed by atoms with Crippen molar-refractivity contribution in [2.75, 3.05) is 31.2 Å². The van der Waals surface area contributed by atoms with Crippen LogP contribution in [-0.4, -0.2) is 36.3 Å². The zero-order chi connectivity index (χ0) is 11.7. The van der Waals surface area contributed by atoms with Gasteiger partial charge in [-0.25, -0.2) is 9.97 Å². The molecule has 0 aromatic carbocycles. The van der Waals surface area contributed by atoms with Crippen LogP contribution in [0, 0.1) is 0 Å². The van der Waals surface area contributed by atoms with Gasteiger partial charge in [0.05, 0.1) is 13.2 Å². The first-order valence-electron chi connectivity index (χ1n) is 5.58. The molecule has 4 nitrogen and oxygen atoms in total. The fourth-order valence-corrected chi connectivity index (χ4v) is 2.18. The molecule has 3 rings (SSSR count). The van der Waals surface area contributed by atoms with Gasteiger partial charge in [-0.1, -0.05) is 11.6 Å². The van der Waals surface area contributed by atoms with Crippen LogP contribution < -0.4 is 4.90 Å². The van der Waals surface area contributed by atoms with Gasteiger partial charge in [0.1, 0.15) is 11.3 Å². The number of aromatic nitrogens is 2. The molecule has 1 aliphatic heterocycles. The van der Waals surface area contributed by atoms with Crippen LogP contribution >= 0.6 is 11.6 Å². The number of fused-ring (bicyclic) bond motifs is 1. The summed E-state index contributed by atoms with van der Waals surface area (Å²) in [6.45, 7) is 3.24. The van der Waals surface area contributed by atoms with E-state index in [2.05, 4.69) is 14.9 Å². The van der Waals surface area contributed by atoms with Gasteiger partial charge in [-0.3, -0.25) is 0 Å². The SMILES string of the molecule is Clc1nccc2ccc(N3CCOCC3)nc12. The number of hydrogen-bond acceptors (Lipinski definition) is 4. The lowest BCUT2D eigenvalue weighted by atomic mass is 10.2. The molecule has 88 valence electrons. The molecule has 1 aliphatic rings. The zero-order valence-electron chi connectivity index (χ0n) is 9.27. The van der Waals surface area contributed by atoms with Gasteiger partial charge in [0, 0.05) is 24.7 Å². The standard InChI is InChI=1S/C12H12ClN3O/c13-12-11-9(3-4-14-12)1-2-10(15-11)16-5-7-17-8-6-16/h1-4H,5-8H2. The third-order valence-corrected chi connectivity index (χ3v) is 3.16. The molecule has 2 aromatic heterocycles. The summed E-state index contributed by atoms with van der Waals surface area (Å²) < 4.78 is 5.32. The van der Waals surface area contributed by atoms with Gasteiger partial charge in [-0.2, -0.15) is 0 Å². The van der Waals surface area contributed by atoms with Gasteiger partial charge in [0.2, 0.25) is 0 Å². The number of anilines is 1. The molecule has 5 heteroatoms. The summed E-state index contributed by atoms with van der Waals surface area (Å²) in [5, 5.41) is 1.47. The Morgan fingerprint density at radius 2 is 2.00 bits per heavy atom. The summed E-state index contributed by atoms with van der Waals surface area (Å²) in [5.41, 5.74) is 0.762. The highest BCUT2D eigenvalue weighted by Crippen LogP contribution is 2.22.